The van der Waals surface area contributed by atoms with Gasteiger partial charge in [0.1, 0.15) is 0 Å². The fourth-order valence-electron chi connectivity index (χ4n) is 1.80. The van der Waals surface area contributed by atoms with Crippen LogP contribution >= 0.6 is 23.4 Å². The molecule has 2 N–H and O–H groups in total. The minimum atomic E-state index is -0.223. The van der Waals surface area contributed by atoms with E-state index in [1.165, 1.54) is 0 Å². The molecular formula is C13H16ClNO2S. The molecule has 0 heterocycles. The summed E-state index contributed by atoms with van der Waals surface area (Å²) < 4.78 is 0. The number of aliphatic hydroxyl groups is 1. The first kappa shape index (κ1) is 13.7. The molecule has 1 fully saturated rings. The number of aliphatic hydroxyl groups excluding tert-OH is 1. The molecule has 0 unspecified atom stereocenters. The highest BCUT2D eigenvalue weighted by molar-refractivity contribution is 7.99. The summed E-state index contributed by atoms with van der Waals surface area (Å²) in [6.45, 7) is 0. The summed E-state index contributed by atoms with van der Waals surface area (Å²) >= 11 is 7.44. The van der Waals surface area contributed by atoms with Gasteiger partial charge in [-0.1, -0.05) is 11.6 Å². The molecular weight excluding hydrogens is 270 g/mol. The standard InChI is InChI=1S/C13H16ClNO2S/c14-9-1-3-12(4-2-9)18-6-5-13(17)15-10-7-11(16)8-10/h1-4,10-11,16H,5-8H2,(H,15,17). The summed E-state index contributed by atoms with van der Waals surface area (Å²) in [5.41, 5.74) is 0. The molecule has 0 spiro atoms. The summed E-state index contributed by atoms with van der Waals surface area (Å²) in [6.07, 6.45) is 1.66. The van der Waals surface area contributed by atoms with Gasteiger partial charge in [-0.15, -0.1) is 11.8 Å². The summed E-state index contributed by atoms with van der Waals surface area (Å²) in [4.78, 5) is 12.7. The maximum atomic E-state index is 11.6. The Balaban J connectivity index is 1.62. The highest BCUT2D eigenvalue weighted by Crippen LogP contribution is 2.22. The van der Waals surface area contributed by atoms with Crippen molar-refractivity contribution in [3.05, 3.63) is 29.3 Å². The largest absolute Gasteiger partial charge is 0.393 e. The zero-order valence-corrected chi connectivity index (χ0v) is 11.5. The molecule has 2 rings (SSSR count). The third-order valence-electron chi connectivity index (χ3n) is 2.89. The molecule has 0 atom stereocenters. The Kier molecular flexibility index (Phi) is 4.92. The van der Waals surface area contributed by atoms with E-state index in [-0.39, 0.29) is 18.1 Å². The zero-order chi connectivity index (χ0) is 13.0. The molecule has 3 nitrogen and oxygen atoms in total. The molecule has 18 heavy (non-hydrogen) atoms. The van der Waals surface area contributed by atoms with Gasteiger partial charge < -0.3 is 10.4 Å². The van der Waals surface area contributed by atoms with E-state index in [2.05, 4.69) is 5.32 Å². The molecule has 0 bridgehead atoms. The van der Waals surface area contributed by atoms with Gasteiger partial charge in [-0.3, -0.25) is 4.79 Å². The van der Waals surface area contributed by atoms with Crippen molar-refractivity contribution in [2.45, 2.75) is 36.3 Å². The van der Waals surface area contributed by atoms with Crippen molar-refractivity contribution in [3.63, 3.8) is 0 Å². The third-order valence-corrected chi connectivity index (χ3v) is 4.16. The van der Waals surface area contributed by atoms with Crippen molar-refractivity contribution in [1.29, 1.82) is 0 Å². The lowest BCUT2D eigenvalue weighted by Gasteiger charge is -2.31. The predicted molar refractivity (Wildman–Crippen MR) is 74.0 cm³/mol. The van der Waals surface area contributed by atoms with E-state index in [1.807, 2.05) is 24.3 Å². The molecule has 1 aliphatic rings. The molecule has 0 saturated heterocycles. The van der Waals surface area contributed by atoms with E-state index in [0.29, 0.717) is 19.3 Å². The van der Waals surface area contributed by atoms with E-state index in [1.54, 1.807) is 11.8 Å². The summed E-state index contributed by atoms with van der Waals surface area (Å²) in [6, 6.07) is 7.77. The van der Waals surface area contributed by atoms with Crippen molar-refractivity contribution in [2.24, 2.45) is 0 Å². The summed E-state index contributed by atoms with van der Waals surface area (Å²) in [5, 5.41) is 12.7. The first-order valence-corrected chi connectivity index (χ1v) is 7.35. The number of amides is 1. The molecule has 1 aromatic carbocycles. The highest BCUT2D eigenvalue weighted by atomic mass is 35.5. The van der Waals surface area contributed by atoms with Crippen LogP contribution in [0, 0.1) is 0 Å². The number of halogens is 1. The minimum absolute atomic E-state index is 0.0633. The van der Waals surface area contributed by atoms with Crippen molar-refractivity contribution < 1.29 is 9.90 Å². The minimum Gasteiger partial charge on any atom is -0.393 e. The highest BCUT2D eigenvalue weighted by Gasteiger charge is 2.27. The number of carbonyl (C=O) groups is 1. The van der Waals surface area contributed by atoms with Crippen LogP contribution in [0.4, 0.5) is 0 Å². The Morgan fingerprint density at radius 2 is 2.06 bits per heavy atom. The second-order valence-electron chi connectivity index (χ2n) is 4.44. The maximum absolute atomic E-state index is 11.6. The van der Waals surface area contributed by atoms with E-state index in [9.17, 15) is 4.79 Å². The topological polar surface area (TPSA) is 49.3 Å². The second kappa shape index (κ2) is 6.45. The van der Waals surface area contributed by atoms with Gasteiger partial charge in [-0.2, -0.15) is 0 Å². The monoisotopic (exact) mass is 285 g/mol. The molecule has 0 aromatic heterocycles. The Hall–Kier alpha value is -0.710. The lowest BCUT2D eigenvalue weighted by molar-refractivity contribution is -0.122. The van der Waals surface area contributed by atoms with Gasteiger partial charge in [-0.25, -0.2) is 0 Å². The van der Waals surface area contributed by atoms with Gasteiger partial charge >= 0.3 is 0 Å². The first-order chi connectivity index (χ1) is 8.63. The number of thioether (sulfide) groups is 1. The molecule has 5 heteroatoms. The number of hydrogen-bond acceptors (Lipinski definition) is 3. The van der Waals surface area contributed by atoms with Gasteiger partial charge in [-0.05, 0) is 37.1 Å². The van der Waals surface area contributed by atoms with Crippen molar-refractivity contribution in [2.75, 3.05) is 5.75 Å². The fourth-order valence-corrected chi connectivity index (χ4v) is 2.78. The molecule has 0 aliphatic heterocycles. The van der Waals surface area contributed by atoms with E-state index in [0.717, 1.165) is 15.7 Å². The smallest absolute Gasteiger partial charge is 0.221 e. The summed E-state index contributed by atoms with van der Waals surface area (Å²) in [5.74, 6) is 0.816. The van der Waals surface area contributed by atoms with Gasteiger partial charge in [0.2, 0.25) is 5.91 Å². The molecule has 98 valence electrons. The second-order valence-corrected chi connectivity index (χ2v) is 6.05. The Morgan fingerprint density at radius 1 is 1.39 bits per heavy atom. The van der Waals surface area contributed by atoms with E-state index < -0.39 is 0 Å². The van der Waals surface area contributed by atoms with Crippen LogP contribution in [-0.4, -0.2) is 28.9 Å². The molecule has 1 aromatic rings. The van der Waals surface area contributed by atoms with Crippen LogP contribution in [0.25, 0.3) is 0 Å². The SMILES string of the molecule is O=C(CCSc1ccc(Cl)cc1)NC1CC(O)C1. The van der Waals surface area contributed by atoms with E-state index in [4.69, 9.17) is 16.7 Å². The van der Waals surface area contributed by atoms with Crippen molar-refractivity contribution in [1.82, 2.24) is 5.32 Å². The molecule has 0 radical (unpaired) electrons. The van der Waals surface area contributed by atoms with Crippen LogP contribution in [0.5, 0.6) is 0 Å². The van der Waals surface area contributed by atoms with Gasteiger partial charge in [0.05, 0.1) is 6.10 Å². The van der Waals surface area contributed by atoms with Crippen LogP contribution in [0.1, 0.15) is 19.3 Å². The first-order valence-electron chi connectivity index (χ1n) is 5.99. The Morgan fingerprint density at radius 3 is 2.67 bits per heavy atom. The number of hydrogen-bond donors (Lipinski definition) is 2. The van der Waals surface area contributed by atoms with Crippen LogP contribution in [0.15, 0.2) is 29.2 Å². The lowest BCUT2D eigenvalue weighted by Crippen LogP contribution is -2.46. The average molecular weight is 286 g/mol. The van der Waals surface area contributed by atoms with E-state index >= 15 is 0 Å². The molecule has 1 aliphatic carbocycles. The summed E-state index contributed by atoms with van der Waals surface area (Å²) in [7, 11) is 0. The Labute approximate surface area is 116 Å². The zero-order valence-electron chi connectivity index (χ0n) is 9.93. The quantitative estimate of drug-likeness (QED) is 0.817. The fraction of sp³-hybridized carbons (Fsp3) is 0.462. The normalized spacial score (nSPS) is 22.3. The number of benzene rings is 1. The van der Waals surface area contributed by atoms with Crippen molar-refractivity contribution >= 4 is 29.3 Å². The van der Waals surface area contributed by atoms with Crippen LogP contribution in [0.2, 0.25) is 5.02 Å². The van der Waals surface area contributed by atoms with Crippen LogP contribution in [0.3, 0.4) is 0 Å². The number of nitrogens with one attached hydrogen (secondary N) is 1. The lowest BCUT2D eigenvalue weighted by atomic mass is 9.89. The Bertz CT molecular complexity index is 404. The van der Waals surface area contributed by atoms with Crippen LogP contribution in [-0.2, 0) is 4.79 Å². The van der Waals surface area contributed by atoms with Crippen LogP contribution < -0.4 is 5.32 Å². The van der Waals surface area contributed by atoms with Gasteiger partial charge in [0.15, 0.2) is 0 Å². The molecule has 1 saturated carbocycles. The number of carbonyl (C=O) groups excluding carboxylic acids is 1. The maximum Gasteiger partial charge on any atom is 0.221 e. The average Bonchev–Trinajstić information content (AvgIpc) is 2.30. The van der Waals surface area contributed by atoms with Crippen molar-refractivity contribution in [3.8, 4) is 0 Å². The molecule has 1 amide bonds. The van der Waals surface area contributed by atoms with Gasteiger partial charge in [0, 0.05) is 28.1 Å². The predicted octanol–water partition coefficient (Wildman–Crippen LogP) is 2.46. The third kappa shape index (κ3) is 4.19. The van der Waals surface area contributed by atoms with Gasteiger partial charge in [0.25, 0.3) is 0 Å². The number of rotatable bonds is 5.